The number of hydrogen-bond acceptors (Lipinski definition) is 8. The minimum Gasteiger partial charge on any atom is -0.355 e. The summed E-state index contributed by atoms with van der Waals surface area (Å²) in [7, 11) is 4.10. The van der Waals surface area contributed by atoms with Gasteiger partial charge in [-0.15, -0.1) is 11.3 Å². The van der Waals surface area contributed by atoms with E-state index in [-0.39, 0.29) is 5.56 Å². The summed E-state index contributed by atoms with van der Waals surface area (Å²) in [6, 6.07) is 1.98. The van der Waals surface area contributed by atoms with Crippen molar-refractivity contribution < 1.29 is 0 Å². The molecule has 0 aliphatic rings. The van der Waals surface area contributed by atoms with E-state index in [4.69, 9.17) is 0 Å². The monoisotopic (exact) mass is 444 g/mol. The highest BCUT2D eigenvalue weighted by molar-refractivity contribution is 7.98. The third-order valence-electron chi connectivity index (χ3n) is 4.57. The van der Waals surface area contributed by atoms with Crippen LogP contribution in [0.5, 0.6) is 0 Å². The average Bonchev–Trinajstić information content (AvgIpc) is 3.10. The lowest BCUT2D eigenvalue weighted by atomic mass is 10.1. The standard InChI is InChI=1S/C21H28N6OS2/c1-13-8-16(9-23-14(13)2)19-15(3)24-21(26-20(19)28)22-6-7-29-11-17-12-30-18(25-17)10-27(4)5/h8-9,12H,6-7,10-11H2,1-5H3,(H2,22,24,26,28). The first-order chi connectivity index (χ1) is 14.3. The molecule has 0 aliphatic heterocycles. The molecule has 0 atom stereocenters. The van der Waals surface area contributed by atoms with Crippen molar-refractivity contribution in [1.82, 2.24) is 24.8 Å². The Balaban J connectivity index is 1.53. The molecule has 0 spiro atoms. The highest BCUT2D eigenvalue weighted by Gasteiger charge is 2.12. The number of aromatic amines is 1. The van der Waals surface area contributed by atoms with Gasteiger partial charge in [-0.3, -0.25) is 14.8 Å². The number of hydrogen-bond donors (Lipinski definition) is 2. The van der Waals surface area contributed by atoms with E-state index in [0.29, 0.717) is 23.8 Å². The number of aryl methyl sites for hydroxylation is 3. The minimum atomic E-state index is -0.154. The summed E-state index contributed by atoms with van der Waals surface area (Å²) in [5.41, 5.74) is 5.04. The molecule has 0 radical (unpaired) electrons. The molecular weight excluding hydrogens is 416 g/mol. The minimum absolute atomic E-state index is 0.154. The lowest BCUT2D eigenvalue weighted by Crippen LogP contribution is -2.18. The van der Waals surface area contributed by atoms with E-state index in [2.05, 4.69) is 35.5 Å². The lowest BCUT2D eigenvalue weighted by Gasteiger charge is -2.10. The Morgan fingerprint density at radius 1 is 1.20 bits per heavy atom. The van der Waals surface area contributed by atoms with E-state index in [1.807, 2.05) is 52.7 Å². The molecule has 0 fully saturated rings. The highest BCUT2D eigenvalue weighted by Crippen LogP contribution is 2.20. The molecule has 3 rings (SSSR count). The Hall–Kier alpha value is -2.23. The molecule has 3 aromatic heterocycles. The normalized spacial score (nSPS) is 11.3. The molecule has 0 saturated carbocycles. The number of anilines is 1. The molecule has 0 unspecified atom stereocenters. The first-order valence-electron chi connectivity index (χ1n) is 9.77. The van der Waals surface area contributed by atoms with Crippen molar-refractivity contribution in [3.05, 3.63) is 55.6 Å². The number of H-pyrrole nitrogens is 1. The summed E-state index contributed by atoms with van der Waals surface area (Å²) in [5, 5.41) is 6.49. The molecule has 160 valence electrons. The zero-order valence-electron chi connectivity index (χ0n) is 18.1. The number of thiazole rings is 1. The third kappa shape index (κ3) is 5.90. The fraction of sp³-hybridized carbons (Fsp3) is 0.429. The molecule has 0 aliphatic carbocycles. The van der Waals surface area contributed by atoms with Gasteiger partial charge in [0.05, 0.1) is 17.0 Å². The SMILES string of the molecule is Cc1cc(-c2c(C)nc(NCCSCc3csc(CN(C)C)n3)[nH]c2=O)cnc1C. The van der Waals surface area contributed by atoms with Crippen LogP contribution in [0.1, 0.15) is 27.7 Å². The van der Waals surface area contributed by atoms with Crippen molar-refractivity contribution in [2.24, 2.45) is 0 Å². The van der Waals surface area contributed by atoms with E-state index in [1.165, 1.54) is 0 Å². The number of nitrogens with zero attached hydrogens (tertiary/aromatic N) is 4. The average molecular weight is 445 g/mol. The zero-order chi connectivity index (χ0) is 21.7. The molecule has 2 N–H and O–H groups in total. The van der Waals surface area contributed by atoms with Crippen LogP contribution >= 0.6 is 23.1 Å². The van der Waals surface area contributed by atoms with Gasteiger partial charge in [0.25, 0.3) is 5.56 Å². The summed E-state index contributed by atoms with van der Waals surface area (Å²) in [6.45, 7) is 7.39. The summed E-state index contributed by atoms with van der Waals surface area (Å²) >= 11 is 3.52. The Bertz CT molecular complexity index is 1060. The van der Waals surface area contributed by atoms with E-state index in [9.17, 15) is 4.79 Å². The van der Waals surface area contributed by atoms with Crippen LogP contribution in [0.25, 0.3) is 11.1 Å². The number of thioether (sulfide) groups is 1. The summed E-state index contributed by atoms with van der Waals surface area (Å²) < 4.78 is 0. The highest BCUT2D eigenvalue weighted by atomic mass is 32.2. The molecule has 0 saturated heterocycles. The first kappa shape index (κ1) is 22.5. The third-order valence-corrected chi connectivity index (χ3v) is 6.44. The smallest absolute Gasteiger partial charge is 0.260 e. The van der Waals surface area contributed by atoms with Crippen LogP contribution in [0, 0.1) is 20.8 Å². The molecular formula is C21H28N6OS2. The Morgan fingerprint density at radius 3 is 2.70 bits per heavy atom. The summed E-state index contributed by atoms with van der Waals surface area (Å²) in [5.74, 6) is 2.28. The fourth-order valence-corrected chi connectivity index (χ4v) is 4.73. The number of pyridine rings is 1. The Morgan fingerprint density at radius 2 is 2.00 bits per heavy atom. The van der Waals surface area contributed by atoms with Gasteiger partial charge in [0.2, 0.25) is 5.95 Å². The van der Waals surface area contributed by atoms with Crippen LogP contribution in [0.4, 0.5) is 5.95 Å². The van der Waals surface area contributed by atoms with Crippen molar-refractivity contribution in [2.45, 2.75) is 33.1 Å². The Kier molecular flexibility index (Phi) is 7.63. The van der Waals surface area contributed by atoms with Crippen molar-refractivity contribution in [2.75, 3.05) is 31.7 Å². The van der Waals surface area contributed by atoms with Crippen LogP contribution in [-0.4, -0.2) is 51.2 Å². The fourth-order valence-electron chi connectivity index (χ4n) is 2.97. The lowest BCUT2D eigenvalue weighted by molar-refractivity contribution is 0.401. The van der Waals surface area contributed by atoms with Gasteiger partial charge >= 0.3 is 0 Å². The van der Waals surface area contributed by atoms with Gasteiger partial charge in [0, 0.05) is 47.4 Å². The van der Waals surface area contributed by atoms with E-state index >= 15 is 0 Å². The number of rotatable bonds is 9. The molecule has 0 aromatic carbocycles. The molecule has 7 nitrogen and oxygen atoms in total. The molecule has 3 aromatic rings. The second-order valence-electron chi connectivity index (χ2n) is 7.45. The van der Waals surface area contributed by atoms with Gasteiger partial charge in [-0.1, -0.05) is 0 Å². The second-order valence-corrected chi connectivity index (χ2v) is 9.50. The summed E-state index contributed by atoms with van der Waals surface area (Å²) in [6.07, 6.45) is 1.73. The molecule has 9 heteroatoms. The van der Waals surface area contributed by atoms with Crippen LogP contribution in [0.2, 0.25) is 0 Å². The van der Waals surface area contributed by atoms with Gasteiger partial charge in [-0.25, -0.2) is 9.97 Å². The maximum atomic E-state index is 12.6. The largest absolute Gasteiger partial charge is 0.355 e. The predicted molar refractivity (Wildman–Crippen MR) is 126 cm³/mol. The van der Waals surface area contributed by atoms with E-state index in [1.54, 1.807) is 17.5 Å². The molecule has 0 amide bonds. The van der Waals surface area contributed by atoms with Gasteiger partial charge < -0.3 is 10.2 Å². The van der Waals surface area contributed by atoms with Crippen LogP contribution in [-0.2, 0) is 12.3 Å². The molecule has 30 heavy (non-hydrogen) atoms. The molecule has 0 bridgehead atoms. The van der Waals surface area contributed by atoms with Crippen LogP contribution in [0.3, 0.4) is 0 Å². The predicted octanol–water partition coefficient (Wildman–Crippen LogP) is 3.62. The Labute approximate surface area is 185 Å². The topological polar surface area (TPSA) is 86.8 Å². The van der Waals surface area contributed by atoms with Crippen molar-refractivity contribution >= 4 is 29.0 Å². The van der Waals surface area contributed by atoms with E-state index in [0.717, 1.165) is 45.6 Å². The zero-order valence-corrected chi connectivity index (χ0v) is 19.7. The maximum absolute atomic E-state index is 12.6. The van der Waals surface area contributed by atoms with Crippen LogP contribution in [0.15, 0.2) is 22.4 Å². The first-order valence-corrected chi connectivity index (χ1v) is 11.8. The molecule has 3 heterocycles. The number of nitrogens with one attached hydrogen (secondary N) is 2. The van der Waals surface area contributed by atoms with Crippen molar-refractivity contribution in [1.29, 1.82) is 0 Å². The number of aromatic nitrogens is 4. The second kappa shape index (κ2) is 10.2. The van der Waals surface area contributed by atoms with Gasteiger partial charge in [-0.05, 0) is 46.5 Å². The van der Waals surface area contributed by atoms with Crippen LogP contribution < -0.4 is 10.9 Å². The maximum Gasteiger partial charge on any atom is 0.260 e. The quantitative estimate of drug-likeness (QED) is 0.488. The van der Waals surface area contributed by atoms with E-state index < -0.39 is 0 Å². The van der Waals surface area contributed by atoms with Gasteiger partial charge in [0.15, 0.2) is 0 Å². The summed E-state index contributed by atoms with van der Waals surface area (Å²) in [4.78, 5) is 31.1. The van der Waals surface area contributed by atoms with Crippen molar-refractivity contribution in [3.8, 4) is 11.1 Å². The van der Waals surface area contributed by atoms with Crippen molar-refractivity contribution in [3.63, 3.8) is 0 Å². The van der Waals surface area contributed by atoms with Gasteiger partial charge in [-0.2, -0.15) is 11.8 Å². The van der Waals surface area contributed by atoms with Gasteiger partial charge in [0.1, 0.15) is 5.01 Å².